The molecule has 0 aliphatic carbocycles. The van der Waals surface area contributed by atoms with Crippen LogP contribution in [0.1, 0.15) is 29.9 Å². The van der Waals surface area contributed by atoms with Crippen molar-refractivity contribution in [2.24, 2.45) is 0 Å². The van der Waals surface area contributed by atoms with Crippen LogP contribution in [0, 0.1) is 0 Å². The lowest BCUT2D eigenvalue weighted by Gasteiger charge is -2.15. The maximum Gasteiger partial charge on any atom is 0.328 e. The molecule has 1 aliphatic rings. The molecule has 9 heteroatoms. The standard InChI is InChI=1S/C15H17N7O2/c1-2-21-6-4-11(19-21)14(23)20-5-3-10(8-20)22-13-12(18-15(22)24)7-16-9-17-13/h4,6-7,9-10H,2-3,5,8H2,1H3,(H,18,24). The molecule has 4 heterocycles. The molecule has 3 aromatic heterocycles. The Morgan fingerprint density at radius 2 is 2.33 bits per heavy atom. The molecule has 1 amide bonds. The summed E-state index contributed by atoms with van der Waals surface area (Å²) in [7, 11) is 0. The van der Waals surface area contributed by atoms with E-state index in [-0.39, 0.29) is 17.6 Å². The average Bonchev–Trinajstić information content (AvgIpc) is 3.31. The molecule has 9 nitrogen and oxygen atoms in total. The van der Waals surface area contributed by atoms with Crippen LogP contribution in [-0.4, -0.2) is 53.2 Å². The lowest BCUT2D eigenvalue weighted by Crippen LogP contribution is -2.31. The van der Waals surface area contributed by atoms with Crippen molar-refractivity contribution >= 4 is 17.1 Å². The molecule has 4 rings (SSSR count). The summed E-state index contributed by atoms with van der Waals surface area (Å²) in [5.41, 5.74) is 1.39. The van der Waals surface area contributed by atoms with Gasteiger partial charge >= 0.3 is 5.69 Å². The van der Waals surface area contributed by atoms with E-state index in [2.05, 4.69) is 20.1 Å². The molecule has 1 aliphatic heterocycles. The van der Waals surface area contributed by atoms with Gasteiger partial charge in [-0.3, -0.25) is 14.0 Å². The van der Waals surface area contributed by atoms with Gasteiger partial charge in [-0.2, -0.15) is 5.10 Å². The second-order valence-electron chi connectivity index (χ2n) is 5.81. The number of fused-ring (bicyclic) bond motifs is 1. The van der Waals surface area contributed by atoms with Crippen molar-refractivity contribution in [3.8, 4) is 0 Å². The van der Waals surface area contributed by atoms with E-state index >= 15 is 0 Å². The summed E-state index contributed by atoms with van der Waals surface area (Å²) < 4.78 is 3.34. The molecule has 24 heavy (non-hydrogen) atoms. The number of aromatic amines is 1. The van der Waals surface area contributed by atoms with E-state index in [1.54, 1.807) is 32.6 Å². The van der Waals surface area contributed by atoms with Gasteiger partial charge in [-0.1, -0.05) is 0 Å². The average molecular weight is 327 g/mol. The normalized spacial score (nSPS) is 17.7. The van der Waals surface area contributed by atoms with Gasteiger partial charge in [0.05, 0.1) is 12.2 Å². The third kappa shape index (κ3) is 2.29. The summed E-state index contributed by atoms with van der Waals surface area (Å²) in [5, 5.41) is 4.26. The van der Waals surface area contributed by atoms with Crippen molar-refractivity contribution in [3.05, 3.63) is 41.0 Å². The van der Waals surface area contributed by atoms with E-state index < -0.39 is 0 Å². The quantitative estimate of drug-likeness (QED) is 0.751. The van der Waals surface area contributed by atoms with E-state index in [0.717, 1.165) is 6.54 Å². The lowest BCUT2D eigenvalue weighted by molar-refractivity contribution is 0.0781. The Morgan fingerprint density at radius 3 is 3.12 bits per heavy atom. The minimum atomic E-state index is -0.222. The Hall–Kier alpha value is -2.97. The number of carbonyl (C=O) groups excluding carboxylic acids is 1. The van der Waals surface area contributed by atoms with Gasteiger partial charge in [0, 0.05) is 25.8 Å². The molecular formula is C15H17N7O2. The summed E-state index contributed by atoms with van der Waals surface area (Å²) in [6, 6.07) is 1.63. The second-order valence-corrected chi connectivity index (χ2v) is 5.81. The fraction of sp³-hybridized carbons (Fsp3) is 0.400. The largest absolute Gasteiger partial charge is 0.335 e. The first-order valence-corrected chi connectivity index (χ1v) is 7.90. The number of aromatic nitrogens is 6. The van der Waals surface area contributed by atoms with E-state index in [9.17, 15) is 9.59 Å². The number of carbonyl (C=O) groups is 1. The Labute approximate surface area is 136 Å². The minimum Gasteiger partial charge on any atom is -0.335 e. The first kappa shape index (κ1) is 14.6. The Bertz CT molecular complexity index is 954. The predicted octanol–water partition coefficient (Wildman–Crippen LogP) is 0.423. The smallest absolute Gasteiger partial charge is 0.328 e. The number of amides is 1. The maximum atomic E-state index is 12.6. The van der Waals surface area contributed by atoms with E-state index in [0.29, 0.717) is 36.4 Å². The molecule has 1 N–H and O–H groups in total. The molecule has 0 spiro atoms. The van der Waals surface area contributed by atoms with Gasteiger partial charge in [0.25, 0.3) is 5.91 Å². The summed E-state index contributed by atoms with van der Waals surface area (Å²) >= 11 is 0. The molecule has 0 aromatic carbocycles. The van der Waals surface area contributed by atoms with Crippen LogP contribution < -0.4 is 5.69 Å². The van der Waals surface area contributed by atoms with E-state index in [1.807, 2.05) is 6.92 Å². The van der Waals surface area contributed by atoms with E-state index in [4.69, 9.17) is 0 Å². The minimum absolute atomic E-state index is 0.0987. The molecule has 0 radical (unpaired) electrons. The van der Waals surface area contributed by atoms with Gasteiger partial charge in [-0.05, 0) is 19.4 Å². The molecule has 0 bridgehead atoms. The monoisotopic (exact) mass is 327 g/mol. The van der Waals surface area contributed by atoms with Crippen LogP contribution in [0.15, 0.2) is 29.6 Å². The van der Waals surface area contributed by atoms with Gasteiger partial charge in [0.15, 0.2) is 5.65 Å². The number of aryl methyl sites for hydroxylation is 1. The van der Waals surface area contributed by atoms with Crippen molar-refractivity contribution in [2.45, 2.75) is 25.9 Å². The summed E-state index contributed by atoms with van der Waals surface area (Å²) in [5.74, 6) is -0.104. The van der Waals surface area contributed by atoms with Crippen molar-refractivity contribution in [1.82, 2.24) is 34.2 Å². The highest BCUT2D eigenvalue weighted by Crippen LogP contribution is 2.24. The van der Waals surface area contributed by atoms with Crippen molar-refractivity contribution in [3.63, 3.8) is 0 Å². The SMILES string of the molecule is CCn1ccc(C(=O)N2CCC(n3c(=O)[nH]c4cncnc43)C2)n1. The van der Waals surface area contributed by atoms with Crippen LogP contribution in [0.25, 0.3) is 11.2 Å². The first-order valence-electron chi connectivity index (χ1n) is 7.90. The van der Waals surface area contributed by atoms with Crippen molar-refractivity contribution in [2.75, 3.05) is 13.1 Å². The highest BCUT2D eigenvalue weighted by molar-refractivity contribution is 5.92. The van der Waals surface area contributed by atoms with Gasteiger partial charge in [-0.15, -0.1) is 0 Å². The number of nitrogens with zero attached hydrogens (tertiary/aromatic N) is 6. The van der Waals surface area contributed by atoms with Gasteiger partial charge < -0.3 is 9.88 Å². The lowest BCUT2D eigenvalue weighted by atomic mass is 10.2. The van der Waals surface area contributed by atoms with Crippen LogP contribution in [0.4, 0.5) is 0 Å². The zero-order valence-corrected chi connectivity index (χ0v) is 13.2. The Balaban J connectivity index is 1.59. The fourth-order valence-electron chi connectivity index (χ4n) is 3.16. The number of hydrogen-bond donors (Lipinski definition) is 1. The van der Waals surface area contributed by atoms with Gasteiger partial charge in [0.1, 0.15) is 17.5 Å². The summed E-state index contributed by atoms with van der Waals surface area (Å²) in [6.45, 7) is 3.75. The van der Waals surface area contributed by atoms with Crippen LogP contribution in [0.3, 0.4) is 0 Å². The van der Waals surface area contributed by atoms with E-state index in [1.165, 1.54) is 6.33 Å². The maximum absolute atomic E-state index is 12.6. The Morgan fingerprint density at radius 1 is 1.46 bits per heavy atom. The summed E-state index contributed by atoms with van der Waals surface area (Å²) in [6.07, 6.45) is 5.50. The Kier molecular flexibility index (Phi) is 3.40. The molecule has 1 fully saturated rings. The number of nitrogens with one attached hydrogen (secondary N) is 1. The fourth-order valence-corrected chi connectivity index (χ4v) is 3.16. The molecule has 1 unspecified atom stereocenters. The molecule has 3 aromatic rings. The predicted molar refractivity (Wildman–Crippen MR) is 85.6 cm³/mol. The number of rotatable bonds is 3. The summed E-state index contributed by atoms with van der Waals surface area (Å²) in [4.78, 5) is 37.4. The van der Waals surface area contributed by atoms with Crippen LogP contribution >= 0.6 is 0 Å². The zero-order chi connectivity index (χ0) is 16.7. The van der Waals surface area contributed by atoms with Crippen LogP contribution in [-0.2, 0) is 6.54 Å². The third-order valence-corrected chi connectivity index (χ3v) is 4.38. The topological polar surface area (TPSA) is 102 Å². The van der Waals surface area contributed by atoms with Gasteiger partial charge in [-0.25, -0.2) is 14.8 Å². The third-order valence-electron chi connectivity index (χ3n) is 4.38. The van der Waals surface area contributed by atoms with Crippen LogP contribution in [0.5, 0.6) is 0 Å². The number of hydrogen-bond acceptors (Lipinski definition) is 5. The van der Waals surface area contributed by atoms with Crippen LogP contribution in [0.2, 0.25) is 0 Å². The van der Waals surface area contributed by atoms with Crippen molar-refractivity contribution in [1.29, 1.82) is 0 Å². The molecule has 0 saturated carbocycles. The number of likely N-dealkylation sites (tertiary alicyclic amines) is 1. The second kappa shape index (κ2) is 5.59. The number of H-pyrrole nitrogens is 1. The molecular weight excluding hydrogens is 310 g/mol. The molecule has 1 saturated heterocycles. The molecule has 124 valence electrons. The van der Waals surface area contributed by atoms with Crippen molar-refractivity contribution < 1.29 is 4.79 Å². The zero-order valence-electron chi connectivity index (χ0n) is 13.2. The number of imidazole rings is 1. The first-order chi connectivity index (χ1) is 11.7. The highest BCUT2D eigenvalue weighted by atomic mass is 16.2. The highest BCUT2D eigenvalue weighted by Gasteiger charge is 2.31. The molecule has 1 atom stereocenters. The van der Waals surface area contributed by atoms with Gasteiger partial charge in [0.2, 0.25) is 0 Å².